The van der Waals surface area contributed by atoms with Gasteiger partial charge in [-0.05, 0) is 23.6 Å². The van der Waals surface area contributed by atoms with Crippen molar-refractivity contribution in [1.29, 1.82) is 5.26 Å². The van der Waals surface area contributed by atoms with Crippen molar-refractivity contribution < 1.29 is 8.42 Å². The second-order valence-corrected chi connectivity index (χ2v) is 6.51. The zero-order chi connectivity index (χ0) is 15.3. The minimum absolute atomic E-state index is 0.0291. The van der Waals surface area contributed by atoms with Gasteiger partial charge in [-0.1, -0.05) is 37.3 Å². The molecule has 0 saturated heterocycles. The maximum atomic E-state index is 12.1. The molecule has 1 heterocycles. The van der Waals surface area contributed by atoms with Gasteiger partial charge in [-0.3, -0.25) is 4.72 Å². The smallest absolute Gasteiger partial charge is 0.234 e. The van der Waals surface area contributed by atoms with Crippen molar-refractivity contribution in [2.75, 3.05) is 10.5 Å². The fourth-order valence-corrected chi connectivity index (χ4v) is 3.30. The molecule has 0 aliphatic carbocycles. The minimum Gasteiger partial charge on any atom is -0.267 e. The van der Waals surface area contributed by atoms with Crippen molar-refractivity contribution in [3.8, 4) is 6.07 Å². The highest BCUT2D eigenvalue weighted by atomic mass is 32.2. The van der Waals surface area contributed by atoms with E-state index in [-0.39, 0.29) is 17.5 Å². The SMILES string of the molecule is CC(CS(=O)(=O)Nc1ccc(C#N)cn1)c1ccccc1. The van der Waals surface area contributed by atoms with Crippen LogP contribution in [0.3, 0.4) is 0 Å². The topological polar surface area (TPSA) is 82.9 Å². The summed E-state index contributed by atoms with van der Waals surface area (Å²) in [6.07, 6.45) is 1.33. The first-order valence-electron chi connectivity index (χ1n) is 6.42. The molecule has 2 rings (SSSR count). The lowest BCUT2D eigenvalue weighted by Gasteiger charge is -2.13. The van der Waals surface area contributed by atoms with E-state index in [1.54, 1.807) is 0 Å². The van der Waals surface area contributed by atoms with Gasteiger partial charge < -0.3 is 0 Å². The molecule has 21 heavy (non-hydrogen) atoms. The number of nitrogens with one attached hydrogen (secondary N) is 1. The summed E-state index contributed by atoms with van der Waals surface area (Å²) in [5.74, 6) is 0.0648. The largest absolute Gasteiger partial charge is 0.267 e. The van der Waals surface area contributed by atoms with Crippen molar-refractivity contribution in [2.45, 2.75) is 12.8 Å². The Hall–Kier alpha value is -2.39. The lowest BCUT2D eigenvalue weighted by molar-refractivity contribution is 0.595. The molecular weight excluding hydrogens is 286 g/mol. The number of anilines is 1. The Labute approximate surface area is 124 Å². The third-order valence-electron chi connectivity index (χ3n) is 2.99. The van der Waals surface area contributed by atoms with Crippen LogP contribution >= 0.6 is 0 Å². The second-order valence-electron chi connectivity index (χ2n) is 4.74. The summed E-state index contributed by atoms with van der Waals surface area (Å²) in [5, 5.41) is 8.68. The zero-order valence-corrected chi connectivity index (χ0v) is 12.3. The molecule has 0 aliphatic rings. The summed E-state index contributed by atoms with van der Waals surface area (Å²) in [6.45, 7) is 1.86. The molecule has 6 heteroatoms. The number of sulfonamides is 1. The Kier molecular flexibility index (Phi) is 4.55. The van der Waals surface area contributed by atoms with Gasteiger partial charge in [0, 0.05) is 6.20 Å². The van der Waals surface area contributed by atoms with Crippen LogP contribution in [0.5, 0.6) is 0 Å². The molecule has 1 N–H and O–H groups in total. The Balaban J connectivity index is 2.06. The first kappa shape index (κ1) is 15.0. The maximum absolute atomic E-state index is 12.1. The number of benzene rings is 1. The summed E-state index contributed by atoms with van der Waals surface area (Å²) >= 11 is 0. The number of rotatable bonds is 5. The first-order valence-corrected chi connectivity index (χ1v) is 8.07. The van der Waals surface area contributed by atoms with Crippen LogP contribution in [0.25, 0.3) is 0 Å². The molecule has 0 fully saturated rings. The van der Waals surface area contributed by atoms with Gasteiger partial charge in [-0.25, -0.2) is 13.4 Å². The number of hydrogen-bond acceptors (Lipinski definition) is 4. The summed E-state index contributed by atoms with van der Waals surface area (Å²) in [5.41, 5.74) is 1.35. The summed E-state index contributed by atoms with van der Waals surface area (Å²) < 4.78 is 26.7. The van der Waals surface area contributed by atoms with Gasteiger partial charge in [0.1, 0.15) is 11.9 Å². The molecule has 0 saturated carbocycles. The molecule has 0 radical (unpaired) electrons. The van der Waals surface area contributed by atoms with E-state index in [4.69, 9.17) is 5.26 Å². The van der Waals surface area contributed by atoms with Gasteiger partial charge >= 0.3 is 0 Å². The van der Waals surface area contributed by atoms with Crippen LogP contribution in [-0.2, 0) is 10.0 Å². The fraction of sp³-hybridized carbons (Fsp3) is 0.200. The van der Waals surface area contributed by atoms with E-state index in [0.717, 1.165) is 5.56 Å². The number of nitriles is 1. The molecule has 1 unspecified atom stereocenters. The number of pyridine rings is 1. The molecule has 0 amide bonds. The van der Waals surface area contributed by atoms with Gasteiger partial charge in [0.2, 0.25) is 10.0 Å². The third-order valence-corrected chi connectivity index (χ3v) is 4.45. The van der Waals surface area contributed by atoms with Gasteiger partial charge in [0.15, 0.2) is 0 Å². The highest BCUT2D eigenvalue weighted by Gasteiger charge is 2.17. The Morgan fingerprint density at radius 3 is 2.52 bits per heavy atom. The van der Waals surface area contributed by atoms with E-state index in [2.05, 4.69) is 9.71 Å². The van der Waals surface area contributed by atoms with E-state index in [0.29, 0.717) is 5.56 Å². The average Bonchev–Trinajstić information content (AvgIpc) is 2.48. The third kappa shape index (κ3) is 4.29. The van der Waals surface area contributed by atoms with Gasteiger partial charge in [-0.2, -0.15) is 5.26 Å². The van der Waals surface area contributed by atoms with E-state index in [9.17, 15) is 8.42 Å². The normalized spacial score (nSPS) is 12.4. The minimum atomic E-state index is -3.50. The molecule has 2 aromatic rings. The molecule has 108 valence electrons. The maximum Gasteiger partial charge on any atom is 0.234 e. The van der Waals surface area contributed by atoms with Crippen molar-refractivity contribution in [3.63, 3.8) is 0 Å². The van der Waals surface area contributed by atoms with E-state index < -0.39 is 10.0 Å². The van der Waals surface area contributed by atoms with Crippen LogP contribution in [0.15, 0.2) is 48.7 Å². The summed E-state index contributed by atoms with van der Waals surface area (Å²) in [4.78, 5) is 3.90. The lowest BCUT2D eigenvalue weighted by atomic mass is 10.0. The van der Waals surface area contributed by atoms with E-state index in [1.807, 2.05) is 43.3 Å². The van der Waals surface area contributed by atoms with Crippen LogP contribution in [0.4, 0.5) is 5.82 Å². The Bertz CT molecular complexity index is 735. The van der Waals surface area contributed by atoms with E-state index in [1.165, 1.54) is 18.3 Å². The summed E-state index contributed by atoms with van der Waals surface area (Å²) in [6, 6.07) is 14.4. The summed E-state index contributed by atoms with van der Waals surface area (Å²) in [7, 11) is -3.50. The van der Waals surface area contributed by atoms with Crippen molar-refractivity contribution in [2.24, 2.45) is 0 Å². The van der Waals surface area contributed by atoms with Crippen molar-refractivity contribution in [1.82, 2.24) is 4.98 Å². The predicted octanol–water partition coefficient (Wildman–Crippen LogP) is 2.50. The fourth-order valence-electron chi connectivity index (χ4n) is 1.93. The molecule has 0 bridgehead atoms. The molecule has 0 spiro atoms. The predicted molar refractivity (Wildman–Crippen MR) is 81.2 cm³/mol. The van der Waals surface area contributed by atoms with E-state index >= 15 is 0 Å². The van der Waals surface area contributed by atoms with Gasteiger partial charge in [0.05, 0.1) is 11.3 Å². The molecule has 5 nitrogen and oxygen atoms in total. The molecule has 1 atom stereocenters. The Morgan fingerprint density at radius 2 is 1.95 bits per heavy atom. The number of aromatic nitrogens is 1. The molecule has 0 aliphatic heterocycles. The highest BCUT2D eigenvalue weighted by molar-refractivity contribution is 7.92. The molecule has 1 aromatic carbocycles. The zero-order valence-electron chi connectivity index (χ0n) is 11.5. The lowest BCUT2D eigenvalue weighted by Crippen LogP contribution is -2.21. The van der Waals surface area contributed by atoms with Gasteiger partial charge in [0.25, 0.3) is 0 Å². The van der Waals surface area contributed by atoms with Gasteiger partial charge in [-0.15, -0.1) is 0 Å². The van der Waals surface area contributed by atoms with Crippen LogP contribution in [0, 0.1) is 11.3 Å². The molecule has 1 aromatic heterocycles. The number of hydrogen-bond donors (Lipinski definition) is 1. The number of nitrogens with zero attached hydrogens (tertiary/aromatic N) is 2. The molecular formula is C15H15N3O2S. The van der Waals surface area contributed by atoms with Crippen molar-refractivity contribution in [3.05, 3.63) is 59.8 Å². The average molecular weight is 301 g/mol. The van der Waals surface area contributed by atoms with Crippen LogP contribution < -0.4 is 4.72 Å². The quantitative estimate of drug-likeness (QED) is 0.919. The highest BCUT2D eigenvalue weighted by Crippen LogP contribution is 2.18. The second kappa shape index (κ2) is 6.37. The van der Waals surface area contributed by atoms with Crippen LogP contribution in [0.1, 0.15) is 24.0 Å². The first-order chi connectivity index (χ1) is 10.00. The Morgan fingerprint density at radius 1 is 1.24 bits per heavy atom. The van der Waals surface area contributed by atoms with Crippen molar-refractivity contribution >= 4 is 15.8 Å². The van der Waals surface area contributed by atoms with Crippen LogP contribution in [-0.4, -0.2) is 19.2 Å². The van der Waals surface area contributed by atoms with Crippen LogP contribution in [0.2, 0.25) is 0 Å². The monoisotopic (exact) mass is 301 g/mol. The standard InChI is InChI=1S/C15H15N3O2S/c1-12(14-5-3-2-4-6-14)11-21(19,20)18-15-8-7-13(9-16)10-17-15/h2-8,10,12H,11H2,1H3,(H,17,18).